The standard InChI is InChI=1S/C14H12N2.C14H13NS.C7H7Br.C7H9N.CH4/c1-11-6-2-4-8-13(11)16-14-9-5-3-7-12(14)10-15;1-9-5-3-7-11-13(9)15-14-10(2)6-4-8-12(14)16-11;2*1-6-4-2-3-5-7(6)8;/h2-9,16H,1H3;3-8,15H,1-2H3;2-5H,1H3;2-5H,8H2,1H3;1H4. The average Bonchev–Trinajstić information content (AvgIpc) is 3.09. The summed E-state index contributed by atoms with van der Waals surface area (Å²) in [6, 6.07) is 46.5. The lowest BCUT2D eigenvalue weighted by Crippen LogP contribution is -2.03. The van der Waals surface area contributed by atoms with Crippen molar-refractivity contribution < 1.29 is 0 Å². The number of nitrogens with two attached hydrogens (primary N) is 1. The number of hydrogen-bond acceptors (Lipinski definition) is 5. The Hall–Kier alpha value is -4.96. The van der Waals surface area contributed by atoms with E-state index in [1.165, 1.54) is 42.3 Å². The number of nitrogens with zero attached hydrogens (tertiary/aromatic N) is 1. The van der Waals surface area contributed by atoms with Gasteiger partial charge in [0.05, 0.1) is 22.6 Å². The van der Waals surface area contributed by atoms with Gasteiger partial charge in [-0.05, 0) is 105 Å². The Labute approximate surface area is 305 Å². The van der Waals surface area contributed by atoms with E-state index in [0.29, 0.717) is 5.56 Å². The van der Waals surface area contributed by atoms with E-state index in [1.54, 1.807) is 6.07 Å². The normalized spacial score (nSPS) is 10.2. The van der Waals surface area contributed by atoms with Crippen molar-refractivity contribution in [2.45, 2.75) is 51.8 Å². The zero-order valence-electron chi connectivity index (χ0n) is 28.0. The SMILES string of the molecule is C.Cc1cccc2c1Nc1c(C)cccc1S2.Cc1ccccc1Br.Cc1ccccc1N.Cc1ccccc1Nc1ccccc1C#N. The molecule has 49 heavy (non-hydrogen) atoms. The van der Waals surface area contributed by atoms with E-state index in [-0.39, 0.29) is 7.43 Å². The topological polar surface area (TPSA) is 73.9 Å². The van der Waals surface area contributed by atoms with Gasteiger partial charge in [0.25, 0.3) is 0 Å². The maximum absolute atomic E-state index is 8.98. The summed E-state index contributed by atoms with van der Waals surface area (Å²) in [6.45, 7) is 10.4. The van der Waals surface area contributed by atoms with E-state index in [4.69, 9.17) is 11.0 Å². The first-order chi connectivity index (χ1) is 23.2. The van der Waals surface area contributed by atoms with Crippen LogP contribution in [0, 0.1) is 45.9 Å². The molecule has 4 nitrogen and oxygen atoms in total. The Bertz CT molecular complexity index is 1880. The number of halogens is 1. The zero-order valence-corrected chi connectivity index (χ0v) is 30.4. The Morgan fingerprint density at radius 3 is 1.51 bits per heavy atom. The Morgan fingerprint density at radius 2 is 1.04 bits per heavy atom. The predicted molar refractivity (Wildman–Crippen MR) is 217 cm³/mol. The maximum atomic E-state index is 8.98. The third-order valence-corrected chi connectivity index (χ3v) is 9.68. The predicted octanol–water partition coefficient (Wildman–Crippen LogP) is 13.1. The minimum absolute atomic E-state index is 0. The lowest BCUT2D eigenvalue weighted by atomic mass is 10.1. The van der Waals surface area contributed by atoms with Crippen LogP contribution in [0.25, 0.3) is 0 Å². The smallest absolute Gasteiger partial charge is 0.101 e. The molecule has 0 aromatic heterocycles. The summed E-state index contributed by atoms with van der Waals surface area (Å²) in [7, 11) is 0. The highest BCUT2D eigenvalue weighted by Crippen LogP contribution is 2.46. The fraction of sp³-hybridized carbons (Fsp3) is 0.140. The van der Waals surface area contributed by atoms with E-state index < -0.39 is 0 Å². The molecule has 1 heterocycles. The van der Waals surface area contributed by atoms with Gasteiger partial charge in [-0.15, -0.1) is 0 Å². The van der Waals surface area contributed by atoms with Crippen molar-refractivity contribution in [1.82, 2.24) is 0 Å². The van der Waals surface area contributed by atoms with Crippen LogP contribution in [0.3, 0.4) is 0 Å². The largest absolute Gasteiger partial charge is 0.399 e. The van der Waals surface area contributed by atoms with Gasteiger partial charge in [0, 0.05) is 25.6 Å². The molecule has 0 saturated carbocycles. The first-order valence-corrected chi connectivity index (χ1v) is 17.3. The quantitative estimate of drug-likeness (QED) is 0.155. The first kappa shape index (κ1) is 38.5. The van der Waals surface area contributed by atoms with Crippen molar-refractivity contribution in [3.05, 3.63) is 171 Å². The van der Waals surface area contributed by atoms with E-state index in [2.05, 4.69) is 95.9 Å². The first-order valence-electron chi connectivity index (χ1n) is 15.7. The van der Waals surface area contributed by atoms with Crippen LogP contribution in [0.5, 0.6) is 0 Å². The molecule has 0 bridgehead atoms. The van der Waals surface area contributed by atoms with Crippen molar-refractivity contribution in [1.29, 1.82) is 5.26 Å². The number of anilines is 5. The van der Waals surface area contributed by atoms with E-state index in [0.717, 1.165) is 28.2 Å². The highest BCUT2D eigenvalue weighted by Gasteiger charge is 2.17. The fourth-order valence-electron chi connectivity index (χ4n) is 4.70. The monoisotopic (exact) mass is 728 g/mol. The average molecular weight is 730 g/mol. The van der Waals surface area contributed by atoms with Crippen molar-refractivity contribution in [3.8, 4) is 6.07 Å². The van der Waals surface area contributed by atoms with Crippen molar-refractivity contribution >= 4 is 56.1 Å². The zero-order chi connectivity index (χ0) is 34.5. The maximum Gasteiger partial charge on any atom is 0.101 e. The lowest BCUT2D eigenvalue weighted by Gasteiger charge is -2.23. The molecule has 0 unspecified atom stereocenters. The second-order valence-corrected chi connectivity index (χ2v) is 13.3. The second-order valence-electron chi connectivity index (χ2n) is 11.3. The van der Waals surface area contributed by atoms with Gasteiger partial charge in [0.15, 0.2) is 0 Å². The number of aryl methyl sites for hydroxylation is 5. The molecule has 0 fully saturated rings. The molecule has 0 spiro atoms. The molecule has 0 aliphatic carbocycles. The van der Waals surface area contributed by atoms with Crippen LogP contribution in [0.4, 0.5) is 28.4 Å². The van der Waals surface area contributed by atoms with E-state index in [1.807, 2.05) is 111 Å². The molecular formula is C43H45BrN4S. The molecule has 6 aromatic rings. The van der Waals surface area contributed by atoms with Crippen LogP contribution in [0.2, 0.25) is 0 Å². The van der Waals surface area contributed by atoms with Gasteiger partial charge in [-0.25, -0.2) is 0 Å². The van der Waals surface area contributed by atoms with Crippen LogP contribution in [0.1, 0.15) is 40.8 Å². The summed E-state index contributed by atoms with van der Waals surface area (Å²) >= 11 is 5.24. The number of rotatable bonds is 2. The van der Waals surface area contributed by atoms with Gasteiger partial charge in [-0.1, -0.05) is 126 Å². The lowest BCUT2D eigenvalue weighted by molar-refractivity contribution is 1.25. The number of para-hydroxylation sites is 5. The molecule has 6 heteroatoms. The number of fused-ring (bicyclic) bond motifs is 2. The molecule has 0 saturated heterocycles. The summed E-state index contributed by atoms with van der Waals surface area (Å²) in [4.78, 5) is 2.64. The minimum Gasteiger partial charge on any atom is -0.399 e. The summed E-state index contributed by atoms with van der Waals surface area (Å²) in [5.41, 5.74) is 17.6. The van der Waals surface area contributed by atoms with Crippen molar-refractivity contribution in [3.63, 3.8) is 0 Å². The van der Waals surface area contributed by atoms with Gasteiger partial charge in [-0.3, -0.25) is 0 Å². The third-order valence-electron chi connectivity index (χ3n) is 7.67. The Balaban J connectivity index is 0.000000185. The number of benzene rings is 6. The minimum atomic E-state index is 0. The molecule has 0 radical (unpaired) electrons. The van der Waals surface area contributed by atoms with Crippen LogP contribution in [-0.4, -0.2) is 0 Å². The van der Waals surface area contributed by atoms with Gasteiger partial charge in [0.2, 0.25) is 0 Å². The highest BCUT2D eigenvalue weighted by atomic mass is 79.9. The third kappa shape index (κ3) is 11.0. The highest BCUT2D eigenvalue weighted by molar-refractivity contribution is 9.10. The molecule has 7 rings (SSSR count). The van der Waals surface area contributed by atoms with E-state index in [9.17, 15) is 0 Å². The fourth-order valence-corrected chi connectivity index (χ4v) is 6.14. The van der Waals surface area contributed by atoms with Gasteiger partial charge < -0.3 is 16.4 Å². The van der Waals surface area contributed by atoms with Crippen LogP contribution in [0.15, 0.2) is 148 Å². The number of nitrogens with one attached hydrogen (secondary N) is 2. The van der Waals surface area contributed by atoms with Crippen LogP contribution >= 0.6 is 27.7 Å². The molecule has 4 N–H and O–H groups in total. The van der Waals surface area contributed by atoms with Gasteiger partial charge in [-0.2, -0.15) is 5.26 Å². The number of nitriles is 1. The van der Waals surface area contributed by atoms with Gasteiger partial charge >= 0.3 is 0 Å². The van der Waals surface area contributed by atoms with Crippen molar-refractivity contribution in [2.24, 2.45) is 0 Å². The Kier molecular flexibility index (Phi) is 15.0. The number of hydrogen-bond donors (Lipinski definition) is 3. The van der Waals surface area contributed by atoms with E-state index >= 15 is 0 Å². The van der Waals surface area contributed by atoms with Crippen LogP contribution in [-0.2, 0) is 0 Å². The molecular weight excluding hydrogens is 684 g/mol. The summed E-state index contributed by atoms with van der Waals surface area (Å²) in [5, 5.41) is 15.8. The summed E-state index contributed by atoms with van der Waals surface area (Å²) < 4.78 is 1.18. The molecule has 1 aliphatic rings. The van der Waals surface area contributed by atoms with Crippen molar-refractivity contribution in [2.75, 3.05) is 16.4 Å². The van der Waals surface area contributed by atoms with Gasteiger partial charge in [0.1, 0.15) is 6.07 Å². The molecule has 0 atom stereocenters. The van der Waals surface area contributed by atoms with Crippen LogP contribution < -0.4 is 16.4 Å². The second kappa shape index (κ2) is 19.1. The Morgan fingerprint density at radius 1 is 0.571 bits per heavy atom. The summed E-state index contributed by atoms with van der Waals surface area (Å²) in [6.07, 6.45) is 0. The number of nitrogen functional groups attached to an aromatic ring is 1. The molecule has 6 aromatic carbocycles. The molecule has 0 amide bonds. The molecule has 250 valence electrons. The molecule has 1 aliphatic heterocycles. The summed E-state index contributed by atoms with van der Waals surface area (Å²) in [5.74, 6) is 0.